The minimum absolute atomic E-state index is 0.180. The predicted molar refractivity (Wildman–Crippen MR) is 70.8 cm³/mol. The summed E-state index contributed by atoms with van der Waals surface area (Å²) in [5.74, 6) is 0.180. The molecule has 1 aliphatic rings. The smallest absolute Gasteiger partial charge is 0.195 e. The zero-order chi connectivity index (χ0) is 13.3. The van der Waals surface area contributed by atoms with E-state index in [1.807, 2.05) is 6.92 Å². The molecule has 1 aromatic heterocycles. The number of hydrogen-bond acceptors (Lipinski definition) is 5. The summed E-state index contributed by atoms with van der Waals surface area (Å²) < 4.78 is 27.0. The first-order valence-electron chi connectivity index (χ1n) is 5.89. The standard InChI is InChI=1S/C10H18N4O2S2/c1-8-11-12-10(17-8)9-5-4-6-14(7-9)18(15,16)13(2)3/h9H,4-7H2,1-3H3. The van der Waals surface area contributed by atoms with E-state index in [-0.39, 0.29) is 5.92 Å². The van der Waals surface area contributed by atoms with Crippen molar-refractivity contribution in [2.45, 2.75) is 25.7 Å². The third-order valence-electron chi connectivity index (χ3n) is 3.06. The molecule has 0 N–H and O–H groups in total. The van der Waals surface area contributed by atoms with Gasteiger partial charge in [0.25, 0.3) is 10.2 Å². The van der Waals surface area contributed by atoms with Crippen LogP contribution < -0.4 is 0 Å². The lowest BCUT2D eigenvalue weighted by Crippen LogP contribution is -2.44. The van der Waals surface area contributed by atoms with Crippen LogP contribution in [-0.4, -0.2) is 54.4 Å². The van der Waals surface area contributed by atoms with Gasteiger partial charge in [-0.2, -0.15) is 17.0 Å². The summed E-state index contributed by atoms with van der Waals surface area (Å²) in [5, 5.41) is 10.0. The van der Waals surface area contributed by atoms with E-state index in [0.29, 0.717) is 13.1 Å². The van der Waals surface area contributed by atoms with Crippen molar-refractivity contribution in [2.75, 3.05) is 27.2 Å². The van der Waals surface area contributed by atoms with Crippen LogP contribution in [-0.2, 0) is 10.2 Å². The number of hydrogen-bond donors (Lipinski definition) is 0. The molecule has 0 spiro atoms. The van der Waals surface area contributed by atoms with Gasteiger partial charge in [-0.1, -0.05) is 0 Å². The van der Waals surface area contributed by atoms with Crippen molar-refractivity contribution in [1.29, 1.82) is 0 Å². The molecule has 1 aliphatic heterocycles. The molecule has 1 saturated heterocycles. The van der Waals surface area contributed by atoms with E-state index in [2.05, 4.69) is 10.2 Å². The molecule has 6 nitrogen and oxygen atoms in total. The lowest BCUT2D eigenvalue weighted by molar-refractivity contribution is 0.298. The molecule has 0 aromatic carbocycles. The highest BCUT2D eigenvalue weighted by Gasteiger charge is 2.32. The van der Waals surface area contributed by atoms with Crippen LogP contribution in [0.3, 0.4) is 0 Å². The molecule has 0 radical (unpaired) electrons. The molecule has 1 atom stereocenters. The first-order chi connectivity index (χ1) is 8.41. The Morgan fingerprint density at radius 3 is 2.67 bits per heavy atom. The van der Waals surface area contributed by atoms with Crippen LogP contribution in [0.25, 0.3) is 0 Å². The quantitative estimate of drug-likeness (QED) is 0.827. The fourth-order valence-corrected chi connectivity index (χ4v) is 4.08. The van der Waals surface area contributed by atoms with Gasteiger partial charge in [0, 0.05) is 33.1 Å². The highest BCUT2D eigenvalue weighted by atomic mass is 32.2. The second-order valence-corrected chi connectivity index (χ2v) is 8.00. The van der Waals surface area contributed by atoms with E-state index in [0.717, 1.165) is 22.9 Å². The molecule has 0 bridgehead atoms. The Labute approximate surface area is 112 Å². The third kappa shape index (κ3) is 2.71. The van der Waals surface area contributed by atoms with Crippen molar-refractivity contribution >= 4 is 21.5 Å². The number of nitrogens with zero attached hydrogens (tertiary/aromatic N) is 4. The van der Waals surface area contributed by atoms with Gasteiger partial charge in [0.05, 0.1) is 0 Å². The summed E-state index contributed by atoms with van der Waals surface area (Å²) in [6.45, 7) is 3.02. The Hall–Kier alpha value is -0.570. The molecule has 102 valence electrons. The average Bonchev–Trinajstić information content (AvgIpc) is 2.76. The van der Waals surface area contributed by atoms with Crippen LogP contribution >= 0.6 is 11.3 Å². The summed E-state index contributed by atoms with van der Waals surface area (Å²) in [6, 6.07) is 0. The second kappa shape index (κ2) is 5.20. The highest BCUT2D eigenvalue weighted by molar-refractivity contribution is 7.86. The highest BCUT2D eigenvalue weighted by Crippen LogP contribution is 2.30. The molecule has 1 fully saturated rings. The Morgan fingerprint density at radius 2 is 2.11 bits per heavy atom. The SMILES string of the molecule is Cc1nnc(C2CCCN(S(=O)(=O)N(C)C)C2)s1. The van der Waals surface area contributed by atoms with Gasteiger partial charge in [-0.25, -0.2) is 0 Å². The Kier molecular flexibility index (Phi) is 4.00. The van der Waals surface area contributed by atoms with Crippen LogP contribution in [0.2, 0.25) is 0 Å². The van der Waals surface area contributed by atoms with Gasteiger partial charge >= 0.3 is 0 Å². The Balaban J connectivity index is 2.14. The largest absolute Gasteiger partial charge is 0.281 e. The first-order valence-corrected chi connectivity index (χ1v) is 8.10. The molecule has 2 heterocycles. The molecule has 0 aliphatic carbocycles. The van der Waals surface area contributed by atoms with Crippen molar-refractivity contribution in [1.82, 2.24) is 18.8 Å². The van der Waals surface area contributed by atoms with Gasteiger partial charge in [-0.3, -0.25) is 0 Å². The maximum absolute atomic E-state index is 12.1. The van der Waals surface area contributed by atoms with Gasteiger partial charge < -0.3 is 0 Å². The van der Waals surface area contributed by atoms with Crippen molar-refractivity contribution < 1.29 is 8.42 Å². The van der Waals surface area contributed by atoms with E-state index in [1.54, 1.807) is 25.4 Å². The average molecular weight is 290 g/mol. The van der Waals surface area contributed by atoms with Gasteiger partial charge in [-0.15, -0.1) is 21.5 Å². The molecule has 0 amide bonds. The van der Waals surface area contributed by atoms with Crippen LogP contribution in [0.15, 0.2) is 0 Å². The predicted octanol–water partition coefficient (Wildman–Crippen LogP) is 0.832. The fraction of sp³-hybridized carbons (Fsp3) is 0.800. The van der Waals surface area contributed by atoms with E-state index < -0.39 is 10.2 Å². The molecular weight excluding hydrogens is 272 g/mol. The maximum Gasteiger partial charge on any atom is 0.281 e. The van der Waals surface area contributed by atoms with E-state index >= 15 is 0 Å². The third-order valence-corrected chi connectivity index (χ3v) is 5.97. The van der Waals surface area contributed by atoms with Gasteiger partial charge in [-0.05, 0) is 19.8 Å². The lowest BCUT2D eigenvalue weighted by Gasteiger charge is -2.32. The van der Waals surface area contributed by atoms with E-state index in [1.165, 1.54) is 8.61 Å². The minimum atomic E-state index is -3.31. The molecule has 0 saturated carbocycles. The zero-order valence-corrected chi connectivity index (χ0v) is 12.5. The maximum atomic E-state index is 12.1. The van der Waals surface area contributed by atoms with E-state index in [4.69, 9.17) is 0 Å². The summed E-state index contributed by atoms with van der Waals surface area (Å²) in [7, 11) is -0.184. The van der Waals surface area contributed by atoms with Crippen molar-refractivity contribution in [3.05, 3.63) is 10.0 Å². The summed E-state index contributed by atoms with van der Waals surface area (Å²) in [6.07, 6.45) is 1.85. The molecule has 18 heavy (non-hydrogen) atoms. The van der Waals surface area contributed by atoms with Crippen molar-refractivity contribution in [2.24, 2.45) is 0 Å². The van der Waals surface area contributed by atoms with Crippen LogP contribution in [0.4, 0.5) is 0 Å². The van der Waals surface area contributed by atoms with Gasteiger partial charge in [0.2, 0.25) is 0 Å². The van der Waals surface area contributed by atoms with Gasteiger partial charge in [0.15, 0.2) is 0 Å². The number of rotatable bonds is 3. The normalized spacial score (nSPS) is 22.6. The van der Waals surface area contributed by atoms with E-state index in [9.17, 15) is 8.42 Å². The second-order valence-electron chi connectivity index (χ2n) is 4.65. The molecule has 1 aromatic rings. The van der Waals surface area contributed by atoms with Crippen LogP contribution in [0, 0.1) is 6.92 Å². The minimum Gasteiger partial charge on any atom is -0.195 e. The molecule has 1 unspecified atom stereocenters. The summed E-state index contributed by atoms with van der Waals surface area (Å²) in [4.78, 5) is 0. The Bertz CT molecular complexity index is 512. The number of aromatic nitrogens is 2. The molecular formula is C10H18N4O2S2. The molecule has 2 rings (SSSR count). The van der Waals surface area contributed by atoms with Crippen LogP contribution in [0.1, 0.15) is 28.8 Å². The number of aryl methyl sites for hydroxylation is 1. The van der Waals surface area contributed by atoms with Crippen molar-refractivity contribution in [3.63, 3.8) is 0 Å². The lowest BCUT2D eigenvalue weighted by atomic mass is 10.0. The van der Waals surface area contributed by atoms with Crippen LogP contribution in [0.5, 0.6) is 0 Å². The molecule has 8 heteroatoms. The first kappa shape index (κ1) is 13.9. The van der Waals surface area contributed by atoms with Gasteiger partial charge in [0.1, 0.15) is 10.0 Å². The Morgan fingerprint density at radius 1 is 1.39 bits per heavy atom. The fourth-order valence-electron chi connectivity index (χ4n) is 2.06. The van der Waals surface area contributed by atoms with Crippen molar-refractivity contribution in [3.8, 4) is 0 Å². The monoisotopic (exact) mass is 290 g/mol. The zero-order valence-electron chi connectivity index (χ0n) is 10.8. The topological polar surface area (TPSA) is 66.4 Å². The summed E-state index contributed by atoms with van der Waals surface area (Å²) >= 11 is 1.56. The number of piperidine rings is 1. The summed E-state index contributed by atoms with van der Waals surface area (Å²) in [5.41, 5.74) is 0.